The van der Waals surface area contributed by atoms with Crippen molar-refractivity contribution in [3.63, 3.8) is 0 Å². The van der Waals surface area contributed by atoms with Gasteiger partial charge in [-0.05, 0) is 49.1 Å². The van der Waals surface area contributed by atoms with Gasteiger partial charge in [0.2, 0.25) is 5.82 Å². The quantitative estimate of drug-likeness (QED) is 0.926. The van der Waals surface area contributed by atoms with Gasteiger partial charge in [0.1, 0.15) is 5.82 Å². The van der Waals surface area contributed by atoms with Crippen LogP contribution in [0.4, 0.5) is 0 Å². The number of carbonyl (C=O) groups excluding carboxylic acids is 1. The van der Waals surface area contributed by atoms with Gasteiger partial charge in [0.05, 0.1) is 5.69 Å². The summed E-state index contributed by atoms with van der Waals surface area (Å²) in [7, 11) is 0. The van der Waals surface area contributed by atoms with Gasteiger partial charge in [0, 0.05) is 6.04 Å². The zero-order chi connectivity index (χ0) is 17.6. The van der Waals surface area contributed by atoms with Crippen LogP contribution in [0.15, 0.2) is 24.3 Å². The molecule has 3 atom stereocenters. The number of aromatic nitrogens is 3. The lowest BCUT2D eigenvalue weighted by Gasteiger charge is -2.21. The Bertz CT molecular complexity index is 795. The van der Waals surface area contributed by atoms with Crippen LogP contribution in [-0.4, -0.2) is 26.7 Å². The van der Waals surface area contributed by atoms with Crippen molar-refractivity contribution in [1.82, 2.24) is 20.1 Å². The number of hydrogen-bond acceptors (Lipinski definition) is 3. The molecule has 1 N–H and O–H groups in total. The number of rotatable bonds is 4. The Kier molecular flexibility index (Phi) is 4.10. The fourth-order valence-corrected chi connectivity index (χ4v) is 4.20. The van der Waals surface area contributed by atoms with Gasteiger partial charge in [-0.25, -0.2) is 9.67 Å². The van der Waals surface area contributed by atoms with Crippen molar-refractivity contribution >= 4 is 5.91 Å². The summed E-state index contributed by atoms with van der Waals surface area (Å²) in [6.07, 6.45) is 4.90. The molecule has 2 aliphatic rings. The van der Waals surface area contributed by atoms with Crippen LogP contribution in [0.2, 0.25) is 0 Å². The number of hydrogen-bond donors (Lipinski definition) is 1. The molecule has 2 saturated carbocycles. The highest BCUT2D eigenvalue weighted by molar-refractivity contribution is 5.90. The molecule has 132 valence electrons. The van der Waals surface area contributed by atoms with E-state index in [4.69, 9.17) is 0 Å². The Balaban J connectivity index is 1.57. The van der Waals surface area contributed by atoms with Crippen LogP contribution in [0.3, 0.4) is 0 Å². The highest BCUT2D eigenvalue weighted by Crippen LogP contribution is 2.49. The minimum Gasteiger partial charge on any atom is -0.346 e. The first-order valence-electron chi connectivity index (χ1n) is 9.38. The molecule has 0 saturated heterocycles. The summed E-state index contributed by atoms with van der Waals surface area (Å²) in [5, 5.41) is 7.70. The second kappa shape index (κ2) is 6.28. The predicted octanol–water partition coefficient (Wildman–Crippen LogP) is 3.62. The number of para-hydroxylation sites is 1. The minimum absolute atomic E-state index is 0.138. The van der Waals surface area contributed by atoms with Crippen LogP contribution < -0.4 is 5.32 Å². The van der Waals surface area contributed by atoms with E-state index in [-0.39, 0.29) is 11.7 Å². The number of amides is 1. The molecule has 4 rings (SSSR count). The molecule has 1 aromatic heterocycles. The van der Waals surface area contributed by atoms with Crippen molar-refractivity contribution in [2.45, 2.75) is 58.4 Å². The normalized spacial score (nSPS) is 24.9. The van der Waals surface area contributed by atoms with Gasteiger partial charge in [-0.2, -0.15) is 0 Å². The Labute approximate surface area is 148 Å². The largest absolute Gasteiger partial charge is 0.346 e. The zero-order valence-electron chi connectivity index (χ0n) is 15.2. The van der Waals surface area contributed by atoms with Crippen molar-refractivity contribution < 1.29 is 4.79 Å². The standard InChI is InChI=1S/C20H26N4O/c1-12(2)15-8-4-5-10-18(15)24-13(3)21-19(23-24)20(25)22-17-9-6-7-14-11-16(14)17/h4-5,8,10,12,14,16-17H,6-7,9,11H2,1-3H3,(H,22,25). The van der Waals surface area contributed by atoms with Crippen molar-refractivity contribution in [2.24, 2.45) is 11.8 Å². The number of nitrogens with zero attached hydrogens (tertiary/aromatic N) is 3. The third-order valence-corrected chi connectivity index (χ3v) is 5.66. The lowest BCUT2D eigenvalue weighted by molar-refractivity contribution is 0.0913. The van der Waals surface area contributed by atoms with Gasteiger partial charge in [0.25, 0.3) is 5.91 Å². The highest BCUT2D eigenvalue weighted by Gasteiger charge is 2.45. The van der Waals surface area contributed by atoms with E-state index in [2.05, 4.69) is 35.3 Å². The van der Waals surface area contributed by atoms with Crippen molar-refractivity contribution in [2.75, 3.05) is 0 Å². The maximum Gasteiger partial charge on any atom is 0.291 e. The van der Waals surface area contributed by atoms with Crippen LogP contribution in [0, 0.1) is 18.8 Å². The van der Waals surface area contributed by atoms with Gasteiger partial charge in [-0.3, -0.25) is 4.79 Å². The van der Waals surface area contributed by atoms with Crippen LogP contribution in [0.25, 0.3) is 5.69 Å². The molecule has 25 heavy (non-hydrogen) atoms. The van der Waals surface area contributed by atoms with E-state index in [1.165, 1.54) is 24.8 Å². The number of benzene rings is 1. The van der Waals surface area contributed by atoms with Gasteiger partial charge < -0.3 is 5.32 Å². The average molecular weight is 338 g/mol. The molecule has 5 nitrogen and oxygen atoms in total. The van der Waals surface area contributed by atoms with Crippen molar-refractivity contribution in [1.29, 1.82) is 0 Å². The second-order valence-corrected chi connectivity index (χ2v) is 7.78. The minimum atomic E-state index is -0.138. The molecule has 0 radical (unpaired) electrons. The molecular weight excluding hydrogens is 312 g/mol. The van der Waals surface area contributed by atoms with E-state index < -0.39 is 0 Å². The van der Waals surface area contributed by atoms with E-state index in [0.717, 1.165) is 23.9 Å². The molecular formula is C20H26N4O. The van der Waals surface area contributed by atoms with Crippen LogP contribution in [-0.2, 0) is 0 Å². The van der Waals surface area contributed by atoms with Crippen molar-refractivity contribution in [3.05, 3.63) is 41.5 Å². The molecule has 3 unspecified atom stereocenters. The third kappa shape index (κ3) is 3.08. The van der Waals surface area contributed by atoms with E-state index in [1.807, 2.05) is 25.1 Å². The number of carbonyl (C=O) groups is 1. The summed E-state index contributed by atoms with van der Waals surface area (Å²) in [6, 6.07) is 8.48. The summed E-state index contributed by atoms with van der Waals surface area (Å²) in [5.41, 5.74) is 2.21. The van der Waals surface area contributed by atoms with E-state index >= 15 is 0 Å². The molecule has 0 aliphatic heterocycles. The average Bonchev–Trinajstić information content (AvgIpc) is 3.30. The monoisotopic (exact) mass is 338 g/mol. The lowest BCUT2D eigenvalue weighted by atomic mass is 9.95. The lowest BCUT2D eigenvalue weighted by Crippen LogP contribution is -2.38. The van der Waals surface area contributed by atoms with Crippen LogP contribution in [0.5, 0.6) is 0 Å². The second-order valence-electron chi connectivity index (χ2n) is 7.78. The first-order chi connectivity index (χ1) is 12.0. The van der Waals surface area contributed by atoms with E-state index in [1.54, 1.807) is 4.68 Å². The summed E-state index contributed by atoms with van der Waals surface area (Å²) in [4.78, 5) is 17.1. The molecule has 0 bridgehead atoms. The predicted molar refractivity (Wildman–Crippen MR) is 96.9 cm³/mol. The number of fused-ring (bicyclic) bond motifs is 1. The molecule has 1 amide bonds. The van der Waals surface area contributed by atoms with E-state index in [9.17, 15) is 4.79 Å². The summed E-state index contributed by atoms with van der Waals surface area (Å²) < 4.78 is 1.80. The maximum absolute atomic E-state index is 12.6. The Morgan fingerprint density at radius 1 is 1.28 bits per heavy atom. The van der Waals surface area contributed by atoms with Gasteiger partial charge in [-0.1, -0.05) is 44.9 Å². The Hall–Kier alpha value is -2.17. The number of nitrogens with one attached hydrogen (secondary N) is 1. The van der Waals surface area contributed by atoms with Crippen molar-refractivity contribution in [3.8, 4) is 5.69 Å². The SMILES string of the molecule is Cc1nc(C(=O)NC2CCCC3CC32)nn1-c1ccccc1C(C)C. The van der Waals surface area contributed by atoms with Crippen LogP contribution >= 0.6 is 0 Å². The molecule has 5 heteroatoms. The van der Waals surface area contributed by atoms with Gasteiger partial charge in [0.15, 0.2) is 0 Å². The topological polar surface area (TPSA) is 59.8 Å². The fraction of sp³-hybridized carbons (Fsp3) is 0.550. The first-order valence-corrected chi connectivity index (χ1v) is 9.38. The fourth-order valence-electron chi connectivity index (χ4n) is 4.20. The van der Waals surface area contributed by atoms with E-state index in [0.29, 0.717) is 17.9 Å². The summed E-state index contributed by atoms with van der Waals surface area (Å²) in [5.74, 6) is 2.78. The summed E-state index contributed by atoms with van der Waals surface area (Å²) >= 11 is 0. The van der Waals surface area contributed by atoms with Gasteiger partial charge >= 0.3 is 0 Å². The molecule has 1 heterocycles. The van der Waals surface area contributed by atoms with Gasteiger partial charge in [-0.15, -0.1) is 5.10 Å². The number of aryl methyl sites for hydroxylation is 1. The zero-order valence-corrected chi connectivity index (χ0v) is 15.2. The molecule has 1 aromatic carbocycles. The molecule has 0 spiro atoms. The molecule has 2 aliphatic carbocycles. The first kappa shape index (κ1) is 16.3. The molecule has 2 fully saturated rings. The Morgan fingerprint density at radius 3 is 2.88 bits per heavy atom. The third-order valence-electron chi connectivity index (χ3n) is 5.66. The van der Waals surface area contributed by atoms with Crippen LogP contribution in [0.1, 0.15) is 67.5 Å². The smallest absolute Gasteiger partial charge is 0.291 e. The highest BCUT2D eigenvalue weighted by atomic mass is 16.2. The maximum atomic E-state index is 12.6. The Morgan fingerprint density at radius 2 is 2.08 bits per heavy atom. The molecule has 2 aromatic rings. The summed E-state index contributed by atoms with van der Waals surface area (Å²) in [6.45, 7) is 6.22.